The standard InChI is InChI=1S/C32H28Cl2FN3O4/c1-31(2,16-36)15-25-32(21-12-11-19(33)14-23(21)37-30(32)41)26(20-5-4-6-22(34)27(20)35)28(38-25)24(39)13-17-7-9-18(10-8-17)29(40)42-3/h4-12,14,25-26,28,38H,13,15H2,1-3H3,(H,37,41)/t25-,26-,28-,32+/m0/s1. The summed E-state index contributed by atoms with van der Waals surface area (Å²) in [5.74, 6) is -2.95. The van der Waals surface area contributed by atoms with Gasteiger partial charge in [0, 0.05) is 29.1 Å². The van der Waals surface area contributed by atoms with Gasteiger partial charge in [-0.15, -0.1) is 0 Å². The Morgan fingerprint density at radius 2 is 1.83 bits per heavy atom. The van der Waals surface area contributed by atoms with Gasteiger partial charge in [-0.1, -0.05) is 53.5 Å². The maximum Gasteiger partial charge on any atom is 0.337 e. The summed E-state index contributed by atoms with van der Waals surface area (Å²) in [5, 5.41) is 16.5. The Bertz CT molecular complexity index is 1640. The lowest BCUT2D eigenvalue weighted by Gasteiger charge is -2.37. The third kappa shape index (κ3) is 4.96. The zero-order valence-corrected chi connectivity index (χ0v) is 24.6. The predicted octanol–water partition coefficient (Wildman–Crippen LogP) is 5.98. The average Bonchev–Trinajstić information content (AvgIpc) is 3.44. The Labute approximate surface area is 253 Å². The van der Waals surface area contributed by atoms with Gasteiger partial charge in [-0.05, 0) is 67.3 Å². The van der Waals surface area contributed by atoms with Gasteiger partial charge in [-0.25, -0.2) is 9.18 Å². The van der Waals surface area contributed by atoms with Crippen LogP contribution in [0.25, 0.3) is 0 Å². The molecule has 3 aromatic carbocycles. The van der Waals surface area contributed by atoms with Crippen molar-refractivity contribution in [3.8, 4) is 6.07 Å². The summed E-state index contributed by atoms with van der Waals surface area (Å²) in [7, 11) is 1.28. The molecule has 1 fully saturated rings. The number of methoxy groups -OCH3 is 1. The minimum absolute atomic E-state index is 0.0582. The molecule has 1 saturated heterocycles. The second-order valence-corrected chi connectivity index (χ2v) is 12.2. The first-order valence-corrected chi connectivity index (χ1v) is 14.1. The summed E-state index contributed by atoms with van der Waals surface area (Å²) < 4.78 is 20.6. The molecule has 0 bridgehead atoms. The number of halogens is 3. The third-order valence-electron chi connectivity index (χ3n) is 8.24. The van der Waals surface area contributed by atoms with Crippen LogP contribution in [0, 0.1) is 22.6 Å². The summed E-state index contributed by atoms with van der Waals surface area (Å²) in [4.78, 5) is 40.2. The van der Waals surface area contributed by atoms with Gasteiger partial charge in [0.05, 0.1) is 35.2 Å². The molecule has 0 saturated carbocycles. The number of esters is 1. The number of nitrogens with zero attached hydrogens (tertiary/aromatic N) is 1. The molecule has 0 unspecified atom stereocenters. The lowest BCUT2D eigenvalue weighted by atomic mass is 9.62. The quantitative estimate of drug-likeness (QED) is 0.320. The van der Waals surface area contributed by atoms with Crippen LogP contribution in [0.5, 0.6) is 0 Å². The number of nitrogens with one attached hydrogen (secondary N) is 2. The Balaban J connectivity index is 1.68. The number of hydrogen-bond acceptors (Lipinski definition) is 6. The first kappa shape index (κ1) is 29.7. The number of amides is 1. The topological polar surface area (TPSA) is 108 Å². The van der Waals surface area contributed by atoms with Gasteiger partial charge >= 0.3 is 5.97 Å². The van der Waals surface area contributed by atoms with Gasteiger partial charge in [0.25, 0.3) is 0 Å². The summed E-state index contributed by atoms with van der Waals surface area (Å²) in [6.07, 6.45) is 0.132. The lowest BCUT2D eigenvalue weighted by Crippen LogP contribution is -2.50. The van der Waals surface area contributed by atoms with Crippen LogP contribution in [0.3, 0.4) is 0 Å². The Morgan fingerprint density at radius 1 is 1.12 bits per heavy atom. The summed E-state index contributed by atoms with van der Waals surface area (Å²) in [5.41, 5.74) is -0.254. The molecule has 2 N–H and O–H groups in total. The van der Waals surface area contributed by atoms with Crippen molar-refractivity contribution in [2.75, 3.05) is 12.4 Å². The molecule has 3 aromatic rings. The van der Waals surface area contributed by atoms with Crippen molar-refractivity contribution in [2.45, 2.75) is 50.1 Å². The Hall–Kier alpha value is -3.77. The van der Waals surface area contributed by atoms with Gasteiger partial charge < -0.3 is 15.4 Å². The predicted molar refractivity (Wildman–Crippen MR) is 157 cm³/mol. The molecule has 2 heterocycles. The highest BCUT2D eigenvalue weighted by Gasteiger charge is 2.66. The third-order valence-corrected chi connectivity index (χ3v) is 8.77. The number of carbonyl (C=O) groups excluding carboxylic acids is 3. The molecule has 2 aliphatic rings. The number of ether oxygens (including phenoxy) is 1. The van der Waals surface area contributed by atoms with Gasteiger partial charge in [0.2, 0.25) is 5.91 Å². The van der Waals surface area contributed by atoms with Gasteiger partial charge in [-0.2, -0.15) is 5.26 Å². The zero-order chi connectivity index (χ0) is 30.4. The van der Waals surface area contributed by atoms with E-state index in [1.807, 2.05) is 0 Å². The van der Waals surface area contributed by atoms with Gasteiger partial charge in [-0.3, -0.25) is 9.59 Å². The zero-order valence-electron chi connectivity index (χ0n) is 23.1. The summed E-state index contributed by atoms with van der Waals surface area (Å²) in [6, 6.07) is 16.5. The molecule has 0 radical (unpaired) electrons. The van der Waals surface area contributed by atoms with E-state index in [2.05, 4.69) is 16.7 Å². The van der Waals surface area contributed by atoms with Crippen LogP contribution >= 0.6 is 23.2 Å². The SMILES string of the molecule is COC(=O)c1ccc(CC(=O)[C@@H]2N[C@@H](CC(C)(C)C#N)[C@@]3(C(=O)Nc4cc(Cl)ccc43)[C@H]2c2cccc(Cl)c2F)cc1. The molecule has 2 aliphatic heterocycles. The van der Waals surface area contributed by atoms with Gasteiger partial charge in [0.1, 0.15) is 11.2 Å². The van der Waals surface area contributed by atoms with Crippen LogP contribution in [0.15, 0.2) is 60.7 Å². The molecule has 0 aromatic heterocycles. The number of benzene rings is 3. The van der Waals surface area contributed by atoms with Crippen LogP contribution in [-0.4, -0.2) is 36.9 Å². The number of carbonyl (C=O) groups is 3. The van der Waals surface area contributed by atoms with Crippen LogP contribution in [0.4, 0.5) is 10.1 Å². The highest BCUT2D eigenvalue weighted by atomic mass is 35.5. The molecule has 10 heteroatoms. The first-order chi connectivity index (χ1) is 19.9. The number of Topliss-reactive ketones (excluding diaryl/α,β-unsaturated/α-hetero) is 1. The molecule has 1 spiro atoms. The van der Waals surface area contributed by atoms with E-state index in [1.54, 1.807) is 68.4 Å². The van der Waals surface area contributed by atoms with E-state index >= 15 is 4.39 Å². The van der Waals surface area contributed by atoms with Crippen molar-refractivity contribution in [1.29, 1.82) is 5.26 Å². The average molecular weight is 608 g/mol. The fourth-order valence-corrected chi connectivity index (χ4v) is 6.69. The number of rotatable bonds is 7. The molecule has 216 valence electrons. The molecule has 5 rings (SSSR count). The fraction of sp³-hybridized carbons (Fsp3) is 0.312. The molecule has 1 amide bonds. The number of ketones is 1. The van der Waals surface area contributed by atoms with Crippen molar-refractivity contribution in [3.05, 3.63) is 98.8 Å². The van der Waals surface area contributed by atoms with E-state index in [4.69, 9.17) is 27.9 Å². The second kappa shape index (κ2) is 11.1. The Morgan fingerprint density at radius 3 is 2.50 bits per heavy atom. The number of anilines is 1. The van der Waals surface area contributed by atoms with Crippen molar-refractivity contribution in [1.82, 2.24) is 5.32 Å². The van der Waals surface area contributed by atoms with E-state index in [0.717, 1.165) is 0 Å². The number of nitriles is 1. The van der Waals surface area contributed by atoms with E-state index in [9.17, 15) is 19.6 Å². The fourth-order valence-electron chi connectivity index (χ4n) is 6.34. The van der Waals surface area contributed by atoms with E-state index in [-0.39, 0.29) is 29.2 Å². The van der Waals surface area contributed by atoms with Crippen LogP contribution < -0.4 is 10.6 Å². The smallest absolute Gasteiger partial charge is 0.337 e. The lowest BCUT2D eigenvalue weighted by molar-refractivity contribution is -0.122. The monoisotopic (exact) mass is 607 g/mol. The van der Waals surface area contributed by atoms with E-state index in [1.165, 1.54) is 13.2 Å². The second-order valence-electron chi connectivity index (χ2n) is 11.4. The van der Waals surface area contributed by atoms with Crippen molar-refractivity contribution in [2.24, 2.45) is 5.41 Å². The van der Waals surface area contributed by atoms with Crippen LogP contribution in [0.2, 0.25) is 10.0 Å². The molecule has 7 nitrogen and oxygen atoms in total. The Kier molecular flexibility index (Phi) is 7.88. The maximum absolute atomic E-state index is 15.9. The molecule has 0 aliphatic carbocycles. The normalized spacial score (nSPS) is 22.9. The number of fused-ring (bicyclic) bond motifs is 2. The molecule has 4 atom stereocenters. The molecule has 42 heavy (non-hydrogen) atoms. The minimum atomic E-state index is -1.46. The first-order valence-electron chi connectivity index (χ1n) is 13.4. The minimum Gasteiger partial charge on any atom is -0.465 e. The highest BCUT2D eigenvalue weighted by Crippen LogP contribution is 2.57. The van der Waals surface area contributed by atoms with Crippen molar-refractivity contribution in [3.63, 3.8) is 0 Å². The summed E-state index contributed by atoms with van der Waals surface area (Å²) >= 11 is 12.5. The van der Waals surface area contributed by atoms with E-state index < -0.39 is 46.5 Å². The van der Waals surface area contributed by atoms with Crippen LogP contribution in [0.1, 0.15) is 53.2 Å². The van der Waals surface area contributed by atoms with Crippen molar-refractivity contribution < 1.29 is 23.5 Å². The molecular formula is C32H28Cl2FN3O4. The molecular weight excluding hydrogens is 580 g/mol. The highest BCUT2D eigenvalue weighted by molar-refractivity contribution is 6.31. The van der Waals surface area contributed by atoms with E-state index in [0.29, 0.717) is 27.4 Å². The van der Waals surface area contributed by atoms with Gasteiger partial charge in [0.15, 0.2) is 5.78 Å². The largest absolute Gasteiger partial charge is 0.465 e. The maximum atomic E-state index is 15.9. The summed E-state index contributed by atoms with van der Waals surface area (Å²) in [6.45, 7) is 3.51. The van der Waals surface area contributed by atoms with Crippen molar-refractivity contribution >= 4 is 46.5 Å². The number of hydrogen-bond donors (Lipinski definition) is 2. The van der Waals surface area contributed by atoms with Crippen LogP contribution in [-0.2, 0) is 26.2 Å².